The fourth-order valence-corrected chi connectivity index (χ4v) is 2.69. The lowest BCUT2D eigenvalue weighted by Crippen LogP contribution is -2.24. The molecule has 2 rings (SSSR count). The normalized spacial score (nSPS) is 13.8. The maximum Gasteiger partial charge on any atom is 0.269 e. The summed E-state index contributed by atoms with van der Waals surface area (Å²) in [6.07, 6.45) is 0.703. The van der Waals surface area contributed by atoms with Gasteiger partial charge in [0, 0.05) is 29.5 Å². The number of nitro groups is 1. The van der Waals surface area contributed by atoms with E-state index in [1.54, 1.807) is 12.1 Å². The second kappa shape index (κ2) is 7.37. The van der Waals surface area contributed by atoms with E-state index >= 15 is 0 Å². The topological polar surface area (TPSA) is 94.1 Å². The molecule has 0 bridgehead atoms. The van der Waals surface area contributed by atoms with Crippen molar-refractivity contribution in [1.82, 2.24) is 15.5 Å². The van der Waals surface area contributed by atoms with E-state index < -0.39 is 4.92 Å². The zero-order valence-corrected chi connectivity index (χ0v) is 13.5. The predicted octanol–water partition coefficient (Wildman–Crippen LogP) is 2.98. The molecule has 1 heterocycles. The fourth-order valence-electron chi connectivity index (χ4n) is 1.79. The molecule has 0 radical (unpaired) electrons. The van der Waals surface area contributed by atoms with Crippen LogP contribution >= 0.6 is 11.8 Å². The van der Waals surface area contributed by atoms with Gasteiger partial charge in [0.2, 0.25) is 5.89 Å². The van der Waals surface area contributed by atoms with E-state index in [-0.39, 0.29) is 17.0 Å². The second-order valence-electron chi connectivity index (χ2n) is 4.95. The third kappa shape index (κ3) is 4.28. The number of benzene rings is 1. The van der Waals surface area contributed by atoms with Crippen molar-refractivity contribution in [2.45, 2.75) is 36.5 Å². The van der Waals surface area contributed by atoms with Gasteiger partial charge in [-0.1, -0.05) is 5.16 Å². The summed E-state index contributed by atoms with van der Waals surface area (Å²) >= 11 is 1.52. The highest BCUT2D eigenvalue weighted by Gasteiger charge is 2.17. The first-order valence-electron chi connectivity index (χ1n) is 6.90. The van der Waals surface area contributed by atoms with Crippen LogP contribution in [0, 0.1) is 10.1 Å². The summed E-state index contributed by atoms with van der Waals surface area (Å²) in [6.45, 7) is 4.01. The van der Waals surface area contributed by atoms with Gasteiger partial charge in [-0.15, -0.1) is 11.8 Å². The van der Waals surface area contributed by atoms with Gasteiger partial charge >= 0.3 is 0 Å². The smallest absolute Gasteiger partial charge is 0.269 e. The molecule has 1 N–H and O–H groups in total. The molecule has 0 saturated carbocycles. The summed E-state index contributed by atoms with van der Waals surface area (Å²) in [5.74, 6) is 1.23. The molecule has 7 nitrogen and oxygen atoms in total. The molecule has 0 amide bonds. The molecule has 2 aromatic rings. The van der Waals surface area contributed by atoms with Gasteiger partial charge in [0.25, 0.3) is 5.69 Å². The Morgan fingerprint density at radius 1 is 1.36 bits per heavy atom. The summed E-state index contributed by atoms with van der Waals surface area (Å²) in [4.78, 5) is 15.5. The van der Waals surface area contributed by atoms with E-state index in [9.17, 15) is 10.1 Å². The van der Waals surface area contributed by atoms with Crippen LogP contribution in [0.5, 0.6) is 0 Å². The van der Waals surface area contributed by atoms with E-state index in [1.165, 1.54) is 23.9 Å². The molecule has 0 aliphatic carbocycles. The van der Waals surface area contributed by atoms with Crippen LogP contribution in [-0.4, -0.2) is 28.2 Å². The predicted molar refractivity (Wildman–Crippen MR) is 83.9 cm³/mol. The SMILES string of the molecule is CNC(C)Cc1noc(C(C)Sc2ccc([N+](=O)[O-])cc2)n1. The number of likely N-dealkylation sites (N-methyl/N-ethyl adjacent to an activating group) is 1. The lowest BCUT2D eigenvalue weighted by atomic mass is 10.2. The van der Waals surface area contributed by atoms with Crippen molar-refractivity contribution in [3.8, 4) is 0 Å². The lowest BCUT2D eigenvalue weighted by molar-refractivity contribution is -0.384. The number of non-ortho nitro benzene ring substituents is 1. The van der Waals surface area contributed by atoms with Gasteiger partial charge in [-0.05, 0) is 33.0 Å². The molecule has 0 aliphatic heterocycles. The van der Waals surface area contributed by atoms with Gasteiger partial charge in [0.05, 0.1) is 10.2 Å². The van der Waals surface area contributed by atoms with E-state index in [1.807, 2.05) is 20.9 Å². The van der Waals surface area contributed by atoms with Crippen molar-refractivity contribution >= 4 is 17.4 Å². The van der Waals surface area contributed by atoms with Gasteiger partial charge in [-0.25, -0.2) is 0 Å². The van der Waals surface area contributed by atoms with Crippen molar-refractivity contribution in [2.24, 2.45) is 0 Å². The quantitative estimate of drug-likeness (QED) is 0.475. The minimum atomic E-state index is -0.412. The number of nitro benzene ring substituents is 1. The van der Waals surface area contributed by atoms with Crippen LogP contribution in [0.3, 0.4) is 0 Å². The molecule has 118 valence electrons. The van der Waals surface area contributed by atoms with Gasteiger partial charge in [-0.3, -0.25) is 10.1 Å². The van der Waals surface area contributed by atoms with E-state index in [4.69, 9.17) is 4.52 Å². The summed E-state index contributed by atoms with van der Waals surface area (Å²) in [6, 6.07) is 6.70. The molecule has 0 saturated heterocycles. The van der Waals surface area contributed by atoms with Crippen LogP contribution in [0.25, 0.3) is 0 Å². The second-order valence-corrected chi connectivity index (χ2v) is 6.37. The third-order valence-electron chi connectivity index (χ3n) is 3.17. The Morgan fingerprint density at radius 3 is 2.64 bits per heavy atom. The van der Waals surface area contributed by atoms with Crippen molar-refractivity contribution in [1.29, 1.82) is 0 Å². The largest absolute Gasteiger partial charge is 0.338 e. The first-order chi connectivity index (χ1) is 10.5. The molecule has 22 heavy (non-hydrogen) atoms. The molecule has 1 aromatic heterocycles. The molecule has 2 atom stereocenters. The monoisotopic (exact) mass is 322 g/mol. The first-order valence-corrected chi connectivity index (χ1v) is 7.78. The molecular weight excluding hydrogens is 304 g/mol. The number of hydrogen-bond donors (Lipinski definition) is 1. The molecule has 0 spiro atoms. The fraction of sp³-hybridized carbons (Fsp3) is 0.429. The number of thioether (sulfide) groups is 1. The minimum absolute atomic E-state index is 0.0207. The van der Waals surface area contributed by atoms with Gasteiger partial charge in [0.15, 0.2) is 5.82 Å². The van der Waals surface area contributed by atoms with Crippen LogP contribution in [0.4, 0.5) is 5.69 Å². The third-order valence-corrected chi connectivity index (χ3v) is 4.27. The number of nitrogens with one attached hydrogen (secondary N) is 1. The first kappa shape index (κ1) is 16.4. The van der Waals surface area contributed by atoms with Gasteiger partial charge < -0.3 is 9.84 Å². The van der Waals surface area contributed by atoms with Crippen molar-refractivity contribution < 1.29 is 9.45 Å². The Bertz CT molecular complexity index is 629. The number of aromatic nitrogens is 2. The Hall–Kier alpha value is -1.93. The van der Waals surface area contributed by atoms with E-state index in [2.05, 4.69) is 15.5 Å². The zero-order chi connectivity index (χ0) is 16.1. The minimum Gasteiger partial charge on any atom is -0.338 e. The van der Waals surface area contributed by atoms with Gasteiger partial charge in [-0.2, -0.15) is 4.98 Å². The van der Waals surface area contributed by atoms with Crippen LogP contribution in [0.15, 0.2) is 33.7 Å². The highest BCUT2D eigenvalue weighted by Crippen LogP contribution is 2.34. The Morgan fingerprint density at radius 2 is 2.05 bits per heavy atom. The molecule has 8 heteroatoms. The Labute approximate surface area is 132 Å². The number of hydrogen-bond acceptors (Lipinski definition) is 7. The van der Waals surface area contributed by atoms with Crippen LogP contribution in [-0.2, 0) is 6.42 Å². The van der Waals surface area contributed by atoms with Crippen LogP contribution in [0.2, 0.25) is 0 Å². The average molecular weight is 322 g/mol. The maximum absolute atomic E-state index is 10.6. The maximum atomic E-state index is 10.6. The van der Waals surface area contributed by atoms with Crippen molar-refractivity contribution in [3.05, 3.63) is 46.1 Å². The Balaban J connectivity index is 1.99. The number of nitrogens with zero attached hydrogens (tertiary/aromatic N) is 3. The van der Waals surface area contributed by atoms with Crippen molar-refractivity contribution in [3.63, 3.8) is 0 Å². The molecule has 2 unspecified atom stereocenters. The molecule has 0 fully saturated rings. The Kier molecular flexibility index (Phi) is 5.51. The molecule has 0 aliphatic rings. The number of rotatable bonds is 7. The highest BCUT2D eigenvalue weighted by atomic mass is 32.2. The summed E-state index contributed by atoms with van der Waals surface area (Å²) in [7, 11) is 1.89. The van der Waals surface area contributed by atoms with Crippen LogP contribution in [0.1, 0.15) is 30.8 Å². The zero-order valence-electron chi connectivity index (χ0n) is 12.6. The standard InChI is InChI=1S/C14H18N4O3S/c1-9(15-3)8-13-16-14(21-17-13)10(2)22-12-6-4-11(5-7-12)18(19)20/h4-7,9-10,15H,8H2,1-3H3. The van der Waals surface area contributed by atoms with E-state index in [0.29, 0.717) is 18.1 Å². The summed E-state index contributed by atoms with van der Waals surface area (Å²) in [5, 5.41) is 17.7. The van der Waals surface area contributed by atoms with Crippen molar-refractivity contribution in [2.75, 3.05) is 7.05 Å². The van der Waals surface area contributed by atoms with E-state index in [0.717, 1.165) is 4.90 Å². The molecule has 1 aromatic carbocycles. The molecular formula is C14H18N4O3S. The highest BCUT2D eigenvalue weighted by molar-refractivity contribution is 7.99. The van der Waals surface area contributed by atoms with Crippen LogP contribution < -0.4 is 5.32 Å². The average Bonchev–Trinajstić information content (AvgIpc) is 2.96. The summed E-state index contributed by atoms with van der Waals surface area (Å²) < 4.78 is 5.29. The van der Waals surface area contributed by atoms with Gasteiger partial charge in [0.1, 0.15) is 0 Å². The lowest BCUT2D eigenvalue weighted by Gasteiger charge is -2.06. The summed E-state index contributed by atoms with van der Waals surface area (Å²) in [5.41, 5.74) is 0.0816.